The van der Waals surface area contributed by atoms with Gasteiger partial charge < -0.3 is 24.8 Å². The van der Waals surface area contributed by atoms with Gasteiger partial charge in [-0.1, -0.05) is 54.6 Å². The van der Waals surface area contributed by atoms with Crippen LogP contribution in [0, 0.1) is 5.82 Å². The zero-order chi connectivity index (χ0) is 36.4. The second-order valence-corrected chi connectivity index (χ2v) is 13.0. The van der Waals surface area contributed by atoms with E-state index in [4.69, 9.17) is 9.47 Å². The molecule has 1 amide bonds. The van der Waals surface area contributed by atoms with E-state index in [1.807, 2.05) is 59.5 Å². The lowest BCUT2D eigenvalue weighted by Gasteiger charge is -2.38. The minimum atomic E-state index is -4.64. The van der Waals surface area contributed by atoms with E-state index >= 15 is 4.39 Å². The number of amides is 1. The van der Waals surface area contributed by atoms with Gasteiger partial charge in [-0.25, -0.2) is 9.18 Å². The summed E-state index contributed by atoms with van der Waals surface area (Å²) in [5, 5.41) is 16.5. The number of hydrogen-bond donors (Lipinski definition) is 2. The number of halogens is 4. The van der Waals surface area contributed by atoms with Crippen molar-refractivity contribution in [3.63, 3.8) is 0 Å². The number of nitrogens with one attached hydrogen (secondary N) is 1. The van der Waals surface area contributed by atoms with E-state index in [1.165, 1.54) is 6.07 Å². The van der Waals surface area contributed by atoms with Crippen LogP contribution in [0.4, 0.5) is 23.2 Å². The second kappa shape index (κ2) is 14.9. The highest BCUT2D eigenvalue weighted by Gasteiger charge is 2.46. The van der Waals surface area contributed by atoms with Crippen LogP contribution in [0.2, 0.25) is 0 Å². The molecule has 13 heteroatoms. The molecule has 0 radical (unpaired) electrons. The predicted molar refractivity (Wildman–Crippen MR) is 188 cm³/mol. The molecule has 5 aromatic rings. The number of carbonyl (C=O) groups excluding carboxylic acids is 1. The zero-order valence-corrected chi connectivity index (χ0v) is 28.0. The first-order valence-corrected chi connectivity index (χ1v) is 17.0. The number of nitrogens with zero attached hydrogens (tertiary/aromatic N) is 3. The fraction of sp³-hybridized carbons (Fsp3) is 0.308. The molecule has 2 saturated heterocycles. The molecular weight excluding hydrogens is 680 g/mol. The quantitative estimate of drug-likeness (QED) is 0.174. The average Bonchev–Trinajstić information content (AvgIpc) is 3.14. The van der Waals surface area contributed by atoms with Crippen molar-refractivity contribution >= 4 is 39.1 Å². The molecule has 0 saturated carbocycles. The van der Waals surface area contributed by atoms with Crippen LogP contribution in [-0.2, 0) is 27.2 Å². The molecule has 0 spiro atoms. The Morgan fingerprint density at radius 2 is 1.60 bits per heavy atom. The van der Waals surface area contributed by atoms with Gasteiger partial charge in [0.2, 0.25) is 0 Å². The summed E-state index contributed by atoms with van der Waals surface area (Å²) in [7, 11) is 0. The van der Waals surface area contributed by atoms with Crippen molar-refractivity contribution in [3.05, 3.63) is 108 Å². The Labute approximate surface area is 296 Å². The molecule has 9 nitrogen and oxygen atoms in total. The number of anilines is 1. The number of pyridine rings is 1. The lowest BCUT2D eigenvalue weighted by Crippen LogP contribution is -2.53. The topological polar surface area (TPSA) is 104 Å². The fourth-order valence-electron chi connectivity index (χ4n) is 7.16. The zero-order valence-electron chi connectivity index (χ0n) is 28.0. The second-order valence-electron chi connectivity index (χ2n) is 13.0. The molecule has 2 N–H and O–H groups in total. The number of rotatable bonds is 9. The van der Waals surface area contributed by atoms with E-state index in [0.29, 0.717) is 31.9 Å². The van der Waals surface area contributed by atoms with E-state index < -0.39 is 48.1 Å². The highest BCUT2D eigenvalue weighted by Crippen LogP contribution is 2.36. The van der Waals surface area contributed by atoms with Crippen molar-refractivity contribution in [1.82, 2.24) is 15.2 Å². The van der Waals surface area contributed by atoms with Crippen molar-refractivity contribution in [2.75, 3.05) is 51.0 Å². The number of alkyl halides is 3. The number of ether oxygens (including phenoxy) is 2. The van der Waals surface area contributed by atoms with Crippen molar-refractivity contribution < 1.29 is 41.7 Å². The first kappa shape index (κ1) is 35.3. The Bertz CT molecular complexity index is 2120. The van der Waals surface area contributed by atoms with Crippen LogP contribution >= 0.6 is 0 Å². The summed E-state index contributed by atoms with van der Waals surface area (Å²) in [6, 6.07) is 18.1. The Hall–Kier alpha value is -5.11. The molecule has 7 rings (SSSR count). The number of fused-ring (bicyclic) bond motifs is 2. The minimum Gasteiger partial charge on any atom is -0.480 e. The minimum absolute atomic E-state index is 0.0182. The maximum absolute atomic E-state index is 16.1. The number of aromatic nitrogens is 1. The van der Waals surface area contributed by atoms with Crippen LogP contribution < -0.4 is 10.2 Å². The number of aliphatic carboxylic acids is 1. The van der Waals surface area contributed by atoms with Crippen LogP contribution in [0.15, 0.2) is 85.2 Å². The molecule has 2 unspecified atom stereocenters. The molecule has 2 aliphatic rings. The van der Waals surface area contributed by atoms with Crippen LogP contribution in [-0.4, -0.2) is 91.2 Å². The number of morpholine rings is 2. The molecule has 52 heavy (non-hydrogen) atoms. The molecule has 270 valence electrons. The Morgan fingerprint density at radius 3 is 2.37 bits per heavy atom. The Balaban J connectivity index is 1.21. The van der Waals surface area contributed by atoms with Gasteiger partial charge >= 0.3 is 12.1 Å². The molecule has 0 aliphatic carbocycles. The third-order valence-electron chi connectivity index (χ3n) is 9.73. The summed E-state index contributed by atoms with van der Waals surface area (Å²) in [6.07, 6.45) is -1.22. The number of carboxylic acids is 1. The fourth-order valence-corrected chi connectivity index (χ4v) is 7.16. The highest BCUT2D eigenvalue weighted by molar-refractivity contribution is 6.06. The summed E-state index contributed by atoms with van der Waals surface area (Å²) in [5.74, 6) is -3.35. The van der Waals surface area contributed by atoms with Gasteiger partial charge in [0.15, 0.2) is 0 Å². The number of carboxylic acid groups (broad SMARTS) is 1. The van der Waals surface area contributed by atoms with Crippen LogP contribution in [0.5, 0.6) is 0 Å². The van der Waals surface area contributed by atoms with Gasteiger partial charge in [-0.05, 0) is 56.6 Å². The van der Waals surface area contributed by atoms with Crippen molar-refractivity contribution in [2.45, 2.75) is 31.2 Å². The van der Waals surface area contributed by atoms with Crippen molar-refractivity contribution in [3.8, 4) is 11.1 Å². The smallest absolute Gasteiger partial charge is 0.411 e. The highest BCUT2D eigenvalue weighted by atomic mass is 19.4. The Morgan fingerprint density at radius 1 is 0.885 bits per heavy atom. The lowest BCUT2D eigenvalue weighted by molar-refractivity contribution is -0.167. The van der Waals surface area contributed by atoms with Crippen molar-refractivity contribution in [2.24, 2.45) is 0 Å². The molecule has 2 fully saturated rings. The summed E-state index contributed by atoms with van der Waals surface area (Å²) >= 11 is 0. The van der Waals surface area contributed by atoms with Gasteiger partial charge in [0.1, 0.15) is 17.9 Å². The van der Waals surface area contributed by atoms with E-state index in [-0.39, 0.29) is 37.4 Å². The largest absolute Gasteiger partial charge is 0.480 e. The maximum atomic E-state index is 16.1. The summed E-state index contributed by atoms with van der Waals surface area (Å²) in [5.41, 5.74) is 2.23. The number of hydrogen-bond acceptors (Lipinski definition) is 7. The predicted octanol–water partition coefficient (Wildman–Crippen LogP) is 6.22. The first-order chi connectivity index (χ1) is 25.1. The lowest BCUT2D eigenvalue weighted by atomic mass is 9.91. The van der Waals surface area contributed by atoms with Crippen LogP contribution in [0.25, 0.3) is 32.7 Å². The SMILES string of the molecule is O=C(NC(Cc1cccc2c(-c3cccc4ccncc34)cccc12)C(=O)O)c1c(F)cc(N2CCOCC2C(F)(F)F)cc1CN1CCOCC1. The number of carbonyl (C=O) groups is 2. The van der Waals surface area contributed by atoms with Crippen molar-refractivity contribution in [1.29, 1.82) is 0 Å². The van der Waals surface area contributed by atoms with Crippen LogP contribution in [0.1, 0.15) is 21.5 Å². The molecule has 1 aromatic heterocycles. The van der Waals surface area contributed by atoms with E-state index in [0.717, 1.165) is 43.6 Å². The molecule has 3 heterocycles. The van der Waals surface area contributed by atoms with Crippen LogP contribution in [0.3, 0.4) is 0 Å². The van der Waals surface area contributed by atoms with E-state index in [2.05, 4.69) is 10.3 Å². The standard InChI is InChI=1S/C39H36F4N4O5/c40-33-20-27(47-14-17-52-23-35(47)39(41,42)43)18-26(22-46-12-15-51-16-13-46)36(33)37(48)45-34(38(49)50)19-25-5-2-7-29-28(25)6-3-9-30(29)31-8-1-4-24-10-11-44-21-32(24)31/h1-11,18,20-21,34-35H,12-17,19,22-23H2,(H,45,48)(H,49,50). The monoisotopic (exact) mass is 716 g/mol. The Kier molecular flexibility index (Phi) is 10.1. The molecule has 0 bridgehead atoms. The first-order valence-electron chi connectivity index (χ1n) is 17.0. The summed E-state index contributed by atoms with van der Waals surface area (Å²) in [6.45, 7) is 1.05. The average molecular weight is 717 g/mol. The van der Waals surface area contributed by atoms with Gasteiger partial charge in [-0.2, -0.15) is 13.2 Å². The van der Waals surface area contributed by atoms with E-state index in [9.17, 15) is 27.9 Å². The molecular formula is C39H36F4N4O5. The van der Waals surface area contributed by atoms with Gasteiger partial charge in [0.05, 0.1) is 32.0 Å². The normalized spacial score (nSPS) is 17.7. The summed E-state index contributed by atoms with van der Waals surface area (Å²) < 4.78 is 68.5. The third kappa shape index (κ3) is 7.29. The van der Waals surface area contributed by atoms with Gasteiger partial charge in [-0.15, -0.1) is 0 Å². The molecule has 2 aliphatic heterocycles. The molecule has 2 atom stereocenters. The van der Waals surface area contributed by atoms with Gasteiger partial charge in [0.25, 0.3) is 5.91 Å². The van der Waals surface area contributed by atoms with Gasteiger partial charge in [-0.3, -0.25) is 14.7 Å². The molecule has 4 aromatic carbocycles. The number of benzene rings is 4. The third-order valence-corrected chi connectivity index (χ3v) is 9.73. The summed E-state index contributed by atoms with van der Waals surface area (Å²) in [4.78, 5) is 33.8. The maximum Gasteiger partial charge on any atom is 0.411 e. The van der Waals surface area contributed by atoms with Gasteiger partial charge in [0, 0.05) is 56.1 Å². The van der Waals surface area contributed by atoms with E-state index in [1.54, 1.807) is 18.5 Å².